The highest BCUT2D eigenvalue weighted by Gasteiger charge is 2.28. The summed E-state index contributed by atoms with van der Waals surface area (Å²) in [5.74, 6) is 0.286. The van der Waals surface area contributed by atoms with Crippen molar-refractivity contribution in [3.63, 3.8) is 0 Å². The molecule has 4 nitrogen and oxygen atoms in total. The molecule has 2 rings (SSSR count). The monoisotopic (exact) mass is 248 g/mol. The van der Waals surface area contributed by atoms with Gasteiger partial charge in [-0.2, -0.15) is 0 Å². The summed E-state index contributed by atoms with van der Waals surface area (Å²) in [6.45, 7) is 2.77. The minimum Gasteiger partial charge on any atom is -0.396 e. The van der Waals surface area contributed by atoms with Crippen LogP contribution < -0.4 is 10.2 Å². The Morgan fingerprint density at radius 3 is 2.89 bits per heavy atom. The predicted octanol–water partition coefficient (Wildman–Crippen LogP) is 1.64. The van der Waals surface area contributed by atoms with E-state index >= 15 is 0 Å². The standard InChI is InChI=1S/C14H20N2O2/c1-3-10(9-17)8-16-13-5-4-12(15-2)6-11(13)7-14(16)18/h4-6,10,15,17H,3,7-9H2,1-2H3. The fourth-order valence-electron chi connectivity index (χ4n) is 2.31. The Hall–Kier alpha value is -1.55. The molecule has 1 amide bonds. The number of carbonyl (C=O) groups excluding carboxylic acids is 1. The van der Waals surface area contributed by atoms with Crippen molar-refractivity contribution >= 4 is 17.3 Å². The molecular formula is C14H20N2O2. The van der Waals surface area contributed by atoms with Crippen molar-refractivity contribution in [1.82, 2.24) is 0 Å². The van der Waals surface area contributed by atoms with E-state index in [1.54, 1.807) is 4.90 Å². The molecule has 0 aliphatic carbocycles. The van der Waals surface area contributed by atoms with Gasteiger partial charge in [-0.25, -0.2) is 0 Å². The summed E-state index contributed by atoms with van der Waals surface area (Å²) < 4.78 is 0. The van der Waals surface area contributed by atoms with Crippen LogP contribution in [0.15, 0.2) is 18.2 Å². The van der Waals surface area contributed by atoms with Crippen LogP contribution in [0.1, 0.15) is 18.9 Å². The van der Waals surface area contributed by atoms with Gasteiger partial charge >= 0.3 is 0 Å². The lowest BCUT2D eigenvalue weighted by atomic mass is 10.1. The van der Waals surface area contributed by atoms with Crippen LogP contribution in [-0.4, -0.2) is 31.2 Å². The number of amides is 1. The highest BCUT2D eigenvalue weighted by molar-refractivity contribution is 6.01. The maximum absolute atomic E-state index is 12.0. The summed E-state index contributed by atoms with van der Waals surface area (Å²) in [6.07, 6.45) is 1.34. The molecule has 0 fully saturated rings. The van der Waals surface area contributed by atoms with Gasteiger partial charge in [-0.1, -0.05) is 6.92 Å². The highest BCUT2D eigenvalue weighted by Crippen LogP contribution is 2.31. The van der Waals surface area contributed by atoms with E-state index in [2.05, 4.69) is 5.32 Å². The van der Waals surface area contributed by atoms with E-state index in [1.807, 2.05) is 32.2 Å². The smallest absolute Gasteiger partial charge is 0.231 e. The first-order valence-electron chi connectivity index (χ1n) is 6.41. The van der Waals surface area contributed by atoms with Crippen LogP contribution >= 0.6 is 0 Å². The average molecular weight is 248 g/mol. The summed E-state index contributed by atoms with van der Waals surface area (Å²) in [5.41, 5.74) is 3.09. The molecule has 98 valence electrons. The third-order valence-electron chi connectivity index (χ3n) is 3.58. The number of hydrogen-bond donors (Lipinski definition) is 2. The zero-order valence-corrected chi connectivity index (χ0v) is 10.9. The fourth-order valence-corrected chi connectivity index (χ4v) is 2.31. The number of anilines is 2. The topological polar surface area (TPSA) is 52.6 Å². The molecule has 18 heavy (non-hydrogen) atoms. The molecule has 0 aromatic heterocycles. The van der Waals surface area contributed by atoms with Crippen molar-refractivity contribution in [2.75, 3.05) is 30.4 Å². The molecule has 0 bridgehead atoms. The van der Waals surface area contributed by atoms with E-state index in [0.717, 1.165) is 23.4 Å². The van der Waals surface area contributed by atoms with E-state index in [4.69, 9.17) is 0 Å². The molecular weight excluding hydrogens is 228 g/mol. The first kappa shape index (κ1) is 12.9. The van der Waals surface area contributed by atoms with E-state index in [0.29, 0.717) is 13.0 Å². The minimum absolute atomic E-state index is 0.129. The minimum atomic E-state index is 0.129. The molecule has 0 saturated carbocycles. The largest absolute Gasteiger partial charge is 0.396 e. The first-order chi connectivity index (χ1) is 8.69. The zero-order chi connectivity index (χ0) is 13.1. The molecule has 1 aromatic carbocycles. The van der Waals surface area contributed by atoms with Gasteiger partial charge in [0.15, 0.2) is 0 Å². The van der Waals surface area contributed by atoms with Crippen LogP contribution in [0, 0.1) is 5.92 Å². The molecule has 0 radical (unpaired) electrons. The number of carbonyl (C=O) groups is 1. The molecule has 1 unspecified atom stereocenters. The Bertz CT molecular complexity index is 441. The molecule has 1 aliphatic heterocycles. The third kappa shape index (κ3) is 2.34. The second kappa shape index (κ2) is 5.40. The number of nitrogens with one attached hydrogen (secondary N) is 1. The molecule has 1 atom stereocenters. The Balaban J connectivity index is 2.22. The van der Waals surface area contributed by atoms with Gasteiger partial charge in [0.05, 0.1) is 6.42 Å². The van der Waals surface area contributed by atoms with Crippen LogP contribution in [0.3, 0.4) is 0 Å². The quantitative estimate of drug-likeness (QED) is 0.833. The number of fused-ring (bicyclic) bond motifs is 1. The van der Waals surface area contributed by atoms with Crippen LogP contribution in [-0.2, 0) is 11.2 Å². The Kier molecular flexibility index (Phi) is 3.87. The van der Waals surface area contributed by atoms with Crippen molar-refractivity contribution in [2.24, 2.45) is 5.92 Å². The van der Waals surface area contributed by atoms with Gasteiger partial charge in [-0.05, 0) is 36.1 Å². The van der Waals surface area contributed by atoms with Crippen LogP contribution in [0.5, 0.6) is 0 Å². The lowest BCUT2D eigenvalue weighted by Gasteiger charge is -2.22. The lowest BCUT2D eigenvalue weighted by Crippen LogP contribution is -2.33. The van der Waals surface area contributed by atoms with Crippen LogP contribution in [0.2, 0.25) is 0 Å². The van der Waals surface area contributed by atoms with Gasteiger partial charge in [-0.15, -0.1) is 0 Å². The molecule has 0 saturated heterocycles. The molecule has 1 aromatic rings. The van der Waals surface area contributed by atoms with Crippen LogP contribution in [0.25, 0.3) is 0 Å². The van der Waals surface area contributed by atoms with E-state index < -0.39 is 0 Å². The molecule has 1 aliphatic rings. The van der Waals surface area contributed by atoms with E-state index in [9.17, 15) is 9.90 Å². The number of hydrogen-bond acceptors (Lipinski definition) is 3. The van der Waals surface area contributed by atoms with Crippen molar-refractivity contribution in [3.8, 4) is 0 Å². The number of aliphatic hydroxyl groups is 1. The van der Waals surface area contributed by atoms with Crippen molar-refractivity contribution in [1.29, 1.82) is 0 Å². The van der Waals surface area contributed by atoms with Gasteiger partial charge in [0.25, 0.3) is 0 Å². The lowest BCUT2D eigenvalue weighted by molar-refractivity contribution is -0.117. The summed E-state index contributed by atoms with van der Waals surface area (Å²) in [4.78, 5) is 13.8. The van der Waals surface area contributed by atoms with Gasteiger partial charge in [0.1, 0.15) is 0 Å². The number of benzene rings is 1. The van der Waals surface area contributed by atoms with Crippen molar-refractivity contribution in [3.05, 3.63) is 23.8 Å². The van der Waals surface area contributed by atoms with Crippen LogP contribution in [0.4, 0.5) is 11.4 Å². The number of aliphatic hydroxyl groups excluding tert-OH is 1. The normalized spacial score (nSPS) is 15.7. The second-order valence-corrected chi connectivity index (χ2v) is 4.73. The number of nitrogens with zero attached hydrogens (tertiary/aromatic N) is 1. The van der Waals surface area contributed by atoms with Gasteiger partial charge in [0, 0.05) is 31.6 Å². The van der Waals surface area contributed by atoms with Crippen molar-refractivity contribution < 1.29 is 9.90 Å². The first-order valence-corrected chi connectivity index (χ1v) is 6.41. The molecule has 2 N–H and O–H groups in total. The summed E-state index contributed by atoms with van der Waals surface area (Å²) in [6, 6.07) is 5.98. The van der Waals surface area contributed by atoms with Gasteiger partial charge in [0.2, 0.25) is 5.91 Å². The summed E-state index contributed by atoms with van der Waals surface area (Å²) in [5, 5.41) is 12.3. The Morgan fingerprint density at radius 2 is 2.28 bits per heavy atom. The Labute approximate surface area is 108 Å². The number of rotatable bonds is 5. The van der Waals surface area contributed by atoms with E-state index in [-0.39, 0.29) is 18.4 Å². The van der Waals surface area contributed by atoms with Gasteiger partial charge < -0.3 is 15.3 Å². The maximum Gasteiger partial charge on any atom is 0.231 e. The SMILES string of the molecule is CCC(CO)CN1C(=O)Cc2cc(NC)ccc21. The highest BCUT2D eigenvalue weighted by atomic mass is 16.3. The maximum atomic E-state index is 12.0. The summed E-state index contributed by atoms with van der Waals surface area (Å²) >= 11 is 0. The second-order valence-electron chi connectivity index (χ2n) is 4.73. The van der Waals surface area contributed by atoms with Gasteiger partial charge in [-0.3, -0.25) is 4.79 Å². The Morgan fingerprint density at radius 1 is 1.50 bits per heavy atom. The zero-order valence-electron chi connectivity index (χ0n) is 10.9. The van der Waals surface area contributed by atoms with E-state index in [1.165, 1.54) is 0 Å². The third-order valence-corrected chi connectivity index (χ3v) is 3.58. The van der Waals surface area contributed by atoms with Crippen molar-refractivity contribution in [2.45, 2.75) is 19.8 Å². The molecule has 4 heteroatoms. The summed E-state index contributed by atoms with van der Waals surface area (Å²) in [7, 11) is 1.87. The molecule has 1 heterocycles. The predicted molar refractivity (Wildman–Crippen MR) is 72.9 cm³/mol. The average Bonchev–Trinajstić information content (AvgIpc) is 2.70. The fraction of sp³-hybridized carbons (Fsp3) is 0.500. The molecule has 0 spiro atoms.